The standard InChI is InChI=1S/C25H31NO4/c1-25(2,3)30-24(28)26(20-13-15-22(29-4)16-14-20)23(18-9-6-5-7-10-18)19-11-8-12-21(27)17-19/h5-7,9-10,13-16,19,23H,8,11-12,17H2,1-4H3/t19-,23+/m0/s1. The third kappa shape index (κ3) is 5.41. The van der Waals surface area contributed by atoms with E-state index in [-0.39, 0.29) is 17.7 Å². The Morgan fingerprint density at radius 3 is 2.30 bits per heavy atom. The third-order valence-electron chi connectivity index (χ3n) is 5.33. The van der Waals surface area contributed by atoms with Crippen molar-refractivity contribution < 1.29 is 19.1 Å². The second-order valence-electron chi connectivity index (χ2n) is 8.80. The van der Waals surface area contributed by atoms with E-state index in [1.807, 2.05) is 75.4 Å². The fraction of sp³-hybridized carbons (Fsp3) is 0.440. The van der Waals surface area contributed by atoms with Crippen molar-refractivity contribution in [3.8, 4) is 5.75 Å². The molecule has 0 N–H and O–H groups in total. The first-order valence-electron chi connectivity index (χ1n) is 10.5. The van der Waals surface area contributed by atoms with E-state index in [0.717, 1.165) is 24.1 Å². The van der Waals surface area contributed by atoms with Crippen molar-refractivity contribution >= 4 is 17.6 Å². The number of amides is 1. The molecule has 1 fully saturated rings. The SMILES string of the molecule is COc1ccc(N(C(=O)OC(C)(C)C)[C@H](c2ccccc2)[C@H]2CCCC(=O)C2)cc1. The number of rotatable bonds is 5. The Kier molecular flexibility index (Phi) is 6.80. The Morgan fingerprint density at radius 2 is 1.73 bits per heavy atom. The van der Waals surface area contributed by atoms with Gasteiger partial charge in [-0.25, -0.2) is 4.79 Å². The fourth-order valence-corrected chi connectivity index (χ4v) is 4.04. The highest BCUT2D eigenvalue weighted by atomic mass is 16.6. The monoisotopic (exact) mass is 409 g/mol. The van der Waals surface area contributed by atoms with E-state index >= 15 is 0 Å². The second kappa shape index (κ2) is 9.33. The highest BCUT2D eigenvalue weighted by Gasteiger charge is 2.37. The zero-order valence-corrected chi connectivity index (χ0v) is 18.3. The molecule has 5 heteroatoms. The molecule has 2 aromatic rings. The molecule has 0 aromatic heterocycles. The minimum atomic E-state index is -0.634. The summed E-state index contributed by atoms with van der Waals surface area (Å²) in [6.07, 6.45) is 2.40. The van der Waals surface area contributed by atoms with Gasteiger partial charge in [0.15, 0.2) is 0 Å². The van der Waals surface area contributed by atoms with Gasteiger partial charge in [0, 0.05) is 18.5 Å². The van der Waals surface area contributed by atoms with Crippen molar-refractivity contribution in [3.05, 3.63) is 60.2 Å². The van der Waals surface area contributed by atoms with Crippen LogP contribution in [0.25, 0.3) is 0 Å². The van der Waals surface area contributed by atoms with Crippen LogP contribution in [0, 0.1) is 5.92 Å². The summed E-state index contributed by atoms with van der Waals surface area (Å²) in [4.78, 5) is 27.5. The maximum absolute atomic E-state index is 13.4. The number of ketones is 1. The number of carbonyl (C=O) groups excluding carboxylic acids is 2. The average molecular weight is 410 g/mol. The molecule has 1 aliphatic rings. The Bertz CT molecular complexity index is 855. The molecule has 3 rings (SSSR count). The van der Waals surface area contributed by atoms with Crippen LogP contribution in [0.1, 0.15) is 58.1 Å². The number of anilines is 1. The third-order valence-corrected chi connectivity index (χ3v) is 5.33. The quantitative estimate of drug-likeness (QED) is 0.613. The fourth-order valence-electron chi connectivity index (χ4n) is 4.04. The Morgan fingerprint density at radius 1 is 1.07 bits per heavy atom. The molecular formula is C25H31NO4. The summed E-state index contributed by atoms with van der Waals surface area (Å²) in [5, 5.41) is 0. The lowest BCUT2D eigenvalue weighted by molar-refractivity contribution is -0.121. The highest BCUT2D eigenvalue weighted by Crippen LogP contribution is 2.40. The van der Waals surface area contributed by atoms with Crippen molar-refractivity contribution in [2.24, 2.45) is 5.92 Å². The van der Waals surface area contributed by atoms with Crippen LogP contribution in [-0.2, 0) is 9.53 Å². The van der Waals surface area contributed by atoms with E-state index in [4.69, 9.17) is 9.47 Å². The number of nitrogens with zero attached hydrogens (tertiary/aromatic N) is 1. The largest absolute Gasteiger partial charge is 0.497 e. The van der Waals surface area contributed by atoms with E-state index in [1.54, 1.807) is 12.0 Å². The predicted molar refractivity (Wildman–Crippen MR) is 118 cm³/mol. The van der Waals surface area contributed by atoms with Crippen LogP contribution in [0.15, 0.2) is 54.6 Å². The first-order valence-corrected chi connectivity index (χ1v) is 10.5. The molecule has 0 aliphatic heterocycles. The van der Waals surface area contributed by atoms with E-state index in [1.165, 1.54) is 0 Å². The van der Waals surface area contributed by atoms with Gasteiger partial charge in [-0.05, 0) is 69.4 Å². The van der Waals surface area contributed by atoms with E-state index in [0.29, 0.717) is 18.6 Å². The predicted octanol–water partition coefficient (Wildman–Crippen LogP) is 5.94. The first-order chi connectivity index (χ1) is 14.3. The van der Waals surface area contributed by atoms with Crippen molar-refractivity contribution in [1.29, 1.82) is 0 Å². The zero-order valence-electron chi connectivity index (χ0n) is 18.3. The van der Waals surface area contributed by atoms with Crippen LogP contribution in [-0.4, -0.2) is 24.6 Å². The molecule has 30 heavy (non-hydrogen) atoms. The van der Waals surface area contributed by atoms with E-state index < -0.39 is 11.7 Å². The van der Waals surface area contributed by atoms with Crippen LogP contribution in [0.5, 0.6) is 5.75 Å². The smallest absolute Gasteiger partial charge is 0.415 e. The van der Waals surface area contributed by atoms with Crippen molar-refractivity contribution in [3.63, 3.8) is 0 Å². The molecule has 2 aromatic carbocycles. The summed E-state index contributed by atoms with van der Waals surface area (Å²) in [5.41, 5.74) is 1.08. The molecule has 1 amide bonds. The van der Waals surface area contributed by atoms with Gasteiger partial charge >= 0.3 is 6.09 Å². The molecule has 5 nitrogen and oxygen atoms in total. The molecular weight excluding hydrogens is 378 g/mol. The summed E-state index contributed by atoms with van der Waals surface area (Å²) < 4.78 is 11.1. The Balaban J connectivity index is 2.09. The minimum Gasteiger partial charge on any atom is -0.497 e. The van der Waals surface area contributed by atoms with E-state index in [2.05, 4.69) is 0 Å². The number of hydrogen-bond donors (Lipinski definition) is 0. The number of methoxy groups -OCH3 is 1. The molecule has 0 radical (unpaired) electrons. The van der Waals surface area contributed by atoms with Gasteiger partial charge in [0.1, 0.15) is 17.1 Å². The molecule has 1 saturated carbocycles. The normalized spacial score (nSPS) is 17.9. The number of carbonyl (C=O) groups is 2. The molecule has 0 unspecified atom stereocenters. The van der Waals surface area contributed by atoms with Crippen LogP contribution < -0.4 is 9.64 Å². The lowest BCUT2D eigenvalue weighted by Crippen LogP contribution is -2.43. The Labute approximate surface area is 179 Å². The van der Waals surface area contributed by atoms with Crippen molar-refractivity contribution in [2.45, 2.75) is 58.1 Å². The zero-order chi connectivity index (χ0) is 21.7. The van der Waals surface area contributed by atoms with Gasteiger partial charge in [0.25, 0.3) is 0 Å². The maximum atomic E-state index is 13.4. The van der Waals surface area contributed by atoms with Gasteiger partial charge in [0.05, 0.1) is 13.2 Å². The lowest BCUT2D eigenvalue weighted by atomic mass is 9.79. The van der Waals surface area contributed by atoms with Gasteiger partial charge in [-0.2, -0.15) is 0 Å². The maximum Gasteiger partial charge on any atom is 0.415 e. The van der Waals surface area contributed by atoms with Crippen LogP contribution in [0.2, 0.25) is 0 Å². The molecule has 0 spiro atoms. The van der Waals surface area contributed by atoms with Crippen molar-refractivity contribution in [2.75, 3.05) is 12.0 Å². The summed E-state index contributed by atoms with van der Waals surface area (Å²) in [5.74, 6) is 1.00. The van der Waals surface area contributed by atoms with Crippen LogP contribution >= 0.6 is 0 Å². The number of hydrogen-bond acceptors (Lipinski definition) is 4. The van der Waals surface area contributed by atoms with E-state index in [9.17, 15) is 9.59 Å². The summed E-state index contributed by atoms with van der Waals surface area (Å²) in [7, 11) is 1.61. The number of ether oxygens (including phenoxy) is 2. The van der Waals surface area contributed by atoms with Gasteiger partial charge in [0.2, 0.25) is 0 Å². The van der Waals surface area contributed by atoms with Gasteiger partial charge in [-0.15, -0.1) is 0 Å². The molecule has 0 saturated heterocycles. The summed E-state index contributed by atoms with van der Waals surface area (Å²) in [6.45, 7) is 5.58. The van der Waals surface area contributed by atoms with Gasteiger partial charge in [-0.3, -0.25) is 9.69 Å². The van der Waals surface area contributed by atoms with Crippen molar-refractivity contribution in [1.82, 2.24) is 0 Å². The number of Topliss-reactive ketones (excluding diaryl/α,β-unsaturated/α-hetero) is 1. The molecule has 160 valence electrons. The molecule has 0 heterocycles. The minimum absolute atomic E-state index is 0.0308. The highest BCUT2D eigenvalue weighted by molar-refractivity contribution is 5.89. The molecule has 0 bridgehead atoms. The average Bonchev–Trinajstić information content (AvgIpc) is 2.71. The van der Waals surface area contributed by atoms with Crippen LogP contribution in [0.4, 0.5) is 10.5 Å². The van der Waals surface area contributed by atoms with Gasteiger partial charge in [-0.1, -0.05) is 30.3 Å². The summed E-state index contributed by atoms with van der Waals surface area (Å²) >= 11 is 0. The molecule has 2 atom stereocenters. The topological polar surface area (TPSA) is 55.8 Å². The second-order valence-corrected chi connectivity index (χ2v) is 8.80. The first kappa shape index (κ1) is 21.9. The summed E-state index contributed by atoms with van der Waals surface area (Å²) in [6, 6.07) is 17.0. The van der Waals surface area contributed by atoms with Crippen LogP contribution in [0.3, 0.4) is 0 Å². The lowest BCUT2D eigenvalue weighted by Gasteiger charge is -2.39. The van der Waals surface area contributed by atoms with Gasteiger partial charge < -0.3 is 9.47 Å². The Hall–Kier alpha value is -2.82. The molecule has 1 aliphatic carbocycles. The number of benzene rings is 2.